The van der Waals surface area contributed by atoms with Crippen molar-refractivity contribution in [1.29, 1.82) is 0 Å². The number of thioether (sulfide) groups is 1. The van der Waals surface area contributed by atoms with Crippen LogP contribution in [-0.2, 0) is 4.79 Å². The van der Waals surface area contributed by atoms with E-state index in [9.17, 15) is 9.18 Å². The zero-order valence-corrected chi connectivity index (χ0v) is 14.8. The second-order valence-electron chi connectivity index (χ2n) is 6.25. The molecule has 25 heavy (non-hydrogen) atoms. The standard InChI is InChI=1S/C17H22FN5OS/c18-14-9-5-4-8-13(14)16-21-22-17(23(16)19)25-11-15(24)20-10-12-6-2-1-3-7-12/h4-5,8-9,12H,1-3,6-7,10-11,19H2,(H,20,24). The highest BCUT2D eigenvalue weighted by Crippen LogP contribution is 2.24. The first-order valence-electron chi connectivity index (χ1n) is 8.50. The molecule has 1 fully saturated rings. The van der Waals surface area contributed by atoms with Crippen LogP contribution in [0.15, 0.2) is 29.4 Å². The van der Waals surface area contributed by atoms with Crippen LogP contribution in [0.5, 0.6) is 0 Å². The summed E-state index contributed by atoms with van der Waals surface area (Å²) < 4.78 is 15.1. The Morgan fingerprint density at radius 3 is 2.80 bits per heavy atom. The van der Waals surface area contributed by atoms with E-state index in [1.165, 1.54) is 54.6 Å². The minimum absolute atomic E-state index is 0.0500. The van der Waals surface area contributed by atoms with Gasteiger partial charge >= 0.3 is 0 Å². The van der Waals surface area contributed by atoms with Crippen LogP contribution in [0.2, 0.25) is 0 Å². The third kappa shape index (κ3) is 4.50. The summed E-state index contributed by atoms with van der Waals surface area (Å²) >= 11 is 1.19. The van der Waals surface area contributed by atoms with E-state index in [0.717, 1.165) is 6.54 Å². The van der Waals surface area contributed by atoms with Crippen molar-refractivity contribution in [3.05, 3.63) is 30.1 Å². The Kier molecular flexibility index (Phi) is 5.91. The maximum Gasteiger partial charge on any atom is 0.230 e. The molecule has 3 rings (SSSR count). The topological polar surface area (TPSA) is 85.8 Å². The molecule has 6 nitrogen and oxygen atoms in total. The molecule has 1 amide bonds. The highest BCUT2D eigenvalue weighted by molar-refractivity contribution is 7.99. The summed E-state index contributed by atoms with van der Waals surface area (Å²) in [6, 6.07) is 6.24. The van der Waals surface area contributed by atoms with Crippen LogP contribution in [0.25, 0.3) is 11.4 Å². The number of nitrogens with zero attached hydrogens (tertiary/aromatic N) is 3. The van der Waals surface area contributed by atoms with Crippen molar-refractivity contribution in [2.75, 3.05) is 18.1 Å². The third-order valence-corrected chi connectivity index (χ3v) is 5.37. The predicted octanol–water partition coefficient (Wildman–Crippen LogP) is 2.59. The van der Waals surface area contributed by atoms with Crippen LogP contribution < -0.4 is 11.2 Å². The Morgan fingerprint density at radius 1 is 1.28 bits per heavy atom. The smallest absolute Gasteiger partial charge is 0.230 e. The van der Waals surface area contributed by atoms with Gasteiger partial charge < -0.3 is 11.2 Å². The number of nitrogen functional groups attached to an aromatic ring is 1. The van der Waals surface area contributed by atoms with Crippen molar-refractivity contribution in [2.24, 2.45) is 5.92 Å². The number of hydrogen-bond acceptors (Lipinski definition) is 5. The molecule has 1 saturated carbocycles. The Bertz CT molecular complexity index is 730. The Morgan fingerprint density at radius 2 is 2.04 bits per heavy atom. The highest BCUT2D eigenvalue weighted by atomic mass is 32.2. The van der Waals surface area contributed by atoms with Gasteiger partial charge in [-0.05, 0) is 30.9 Å². The lowest BCUT2D eigenvalue weighted by Crippen LogP contribution is -2.31. The maximum absolute atomic E-state index is 13.8. The van der Waals surface area contributed by atoms with Gasteiger partial charge in [-0.2, -0.15) is 0 Å². The maximum atomic E-state index is 13.8. The lowest BCUT2D eigenvalue weighted by molar-refractivity contribution is -0.118. The summed E-state index contributed by atoms with van der Waals surface area (Å²) in [5.41, 5.74) is 0.283. The number of rotatable bonds is 6. The van der Waals surface area contributed by atoms with Gasteiger partial charge in [-0.15, -0.1) is 10.2 Å². The average Bonchev–Trinajstić information content (AvgIpc) is 3.00. The van der Waals surface area contributed by atoms with Crippen LogP contribution in [0.1, 0.15) is 32.1 Å². The van der Waals surface area contributed by atoms with Crippen LogP contribution >= 0.6 is 11.8 Å². The minimum atomic E-state index is -0.414. The number of benzene rings is 1. The minimum Gasteiger partial charge on any atom is -0.355 e. The number of carbonyl (C=O) groups excluding carboxylic acids is 1. The molecule has 1 heterocycles. The van der Waals surface area contributed by atoms with Gasteiger partial charge in [0.2, 0.25) is 11.1 Å². The fraction of sp³-hybridized carbons (Fsp3) is 0.471. The summed E-state index contributed by atoms with van der Waals surface area (Å²) in [4.78, 5) is 12.0. The SMILES string of the molecule is Nn1c(SCC(=O)NCC2CCCCC2)nnc1-c1ccccc1F. The number of nitrogens with two attached hydrogens (primary N) is 1. The van der Waals surface area contributed by atoms with E-state index < -0.39 is 5.82 Å². The fourth-order valence-corrected chi connectivity index (χ4v) is 3.72. The first kappa shape index (κ1) is 17.7. The monoisotopic (exact) mass is 363 g/mol. The molecule has 1 aromatic heterocycles. The molecule has 0 atom stereocenters. The lowest BCUT2D eigenvalue weighted by Gasteiger charge is -2.21. The Hall–Kier alpha value is -2.09. The van der Waals surface area contributed by atoms with Gasteiger partial charge in [0.05, 0.1) is 11.3 Å². The number of halogens is 1. The molecule has 3 N–H and O–H groups in total. The zero-order valence-electron chi connectivity index (χ0n) is 13.9. The molecule has 0 aliphatic heterocycles. The molecule has 1 aliphatic rings. The van der Waals surface area contributed by atoms with Crippen molar-refractivity contribution in [2.45, 2.75) is 37.3 Å². The summed E-state index contributed by atoms with van der Waals surface area (Å²) in [6.45, 7) is 0.731. The Labute approximate surface area is 150 Å². The normalized spacial score (nSPS) is 15.2. The van der Waals surface area contributed by atoms with Gasteiger partial charge in [-0.1, -0.05) is 43.2 Å². The Balaban J connectivity index is 1.53. The number of aromatic nitrogens is 3. The fourth-order valence-electron chi connectivity index (χ4n) is 3.03. The van der Waals surface area contributed by atoms with Crippen molar-refractivity contribution in [1.82, 2.24) is 20.2 Å². The largest absolute Gasteiger partial charge is 0.355 e. The summed E-state index contributed by atoms with van der Waals surface area (Å²) in [5, 5.41) is 11.3. The van der Waals surface area contributed by atoms with E-state index in [2.05, 4.69) is 15.5 Å². The van der Waals surface area contributed by atoms with E-state index in [1.807, 2.05) is 0 Å². The van der Waals surface area contributed by atoms with Gasteiger partial charge in [0, 0.05) is 6.54 Å². The van der Waals surface area contributed by atoms with Crippen LogP contribution in [0.4, 0.5) is 4.39 Å². The molecule has 134 valence electrons. The summed E-state index contributed by atoms with van der Waals surface area (Å²) in [5.74, 6) is 6.53. The highest BCUT2D eigenvalue weighted by Gasteiger charge is 2.17. The number of carbonyl (C=O) groups is 1. The van der Waals surface area contributed by atoms with Gasteiger partial charge in [0.25, 0.3) is 0 Å². The molecule has 2 aromatic rings. The first-order valence-corrected chi connectivity index (χ1v) is 9.48. The molecule has 0 unspecified atom stereocenters. The zero-order chi connectivity index (χ0) is 17.6. The quantitative estimate of drug-likeness (QED) is 0.609. The van der Waals surface area contributed by atoms with E-state index in [-0.39, 0.29) is 23.0 Å². The first-order chi connectivity index (χ1) is 12.1. The molecule has 1 aromatic carbocycles. The van der Waals surface area contributed by atoms with Gasteiger partial charge in [-0.3, -0.25) is 4.79 Å². The molecule has 0 saturated heterocycles. The number of hydrogen-bond donors (Lipinski definition) is 2. The van der Waals surface area contributed by atoms with E-state index in [4.69, 9.17) is 5.84 Å². The molecule has 1 aliphatic carbocycles. The van der Waals surface area contributed by atoms with Crippen molar-refractivity contribution in [3.8, 4) is 11.4 Å². The number of amides is 1. The molecule has 0 bridgehead atoms. The molecule has 0 radical (unpaired) electrons. The predicted molar refractivity (Wildman–Crippen MR) is 95.9 cm³/mol. The van der Waals surface area contributed by atoms with Crippen molar-refractivity contribution >= 4 is 17.7 Å². The van der Waals surface area contributed by atoms with Gasteiger partial charge in [-0.25, -0.2) is 9.07 Å². The molecule has 0 spiro atoms. The number of nitrogens with one attached hydrogen (secondary N) is 1. The third-order valence-electron chi connectivity index (χ3n) is 4.42. The van der Waals surface area contributed by atoms with E-state index >= 15 is 0 Å². The van der Waals surface area contributed by atoms with Gasteiger partial charge in [0.1, 0.15) is 5.82 Å². The van der Waals surface area contributed by atoms with E-state index in [0.29, 0.717) is 11.1 Å². The van der Waals surface area contributed by atoms with Crippen molar-refractivity contribution < 1.29 is 9.18 Å². The van der Waals surface area contributed by atoms with Crippen LogP contribution in [0.3, 0.4) is 0 Å². The molecular formula is C17H22FN5OS. The second kappa shape index (κ2) is 8.33. The average molecular weight is 363 g/mol. The van der Waals surface area contributed by atoms with Gasteiger partial charge in [0.15, 0.2) is 5.82 Å². The second-order valence-corrected chi connectivity index (χ2v) is 7.20. The van der Waals surface area contributed by atoms with Crippen LogP contribution in [-0.4, -0.2) is 33.1 Å². The summed E-state index contributed by atoms with van der Waals surface area (Å²) in [7, 11) is 0. The lowest BCUT2D eigenvalue weighted by atomic mass is 9.89. The van der Waals surface area contributed by atoms with Crippen LogP contribution in [0, 0.1) is 11.7 Å². The molecular weight excluding hydrogens is 341 g/mol. The summed E-state index contributed by atoms with van der Waals surface area (Å²) in [6.07, 6.45) is 6.19. The molecule has 8 heteroatoms. The van der Waals surface area contributed by atoms with E-state index in [1.54, 1.807) is 18.2 Å². The van der Waals surface area contributed by atoms with Crippen molar-refractivity contribution in [3.63, 3.8) is 0 Å².